The minimum Gasteiger partial charge on any atom is -0.346 e. The SMILES string of the molecule is O=C(C1CCCN(N(c2ncnc3[nH]ccc23)C2CC2)C1)C(F)(F)F. The normalized spacial score (nSPS) is 22.3. The average Bonchev–Trinajstić information content (AvgIpc) is 3.29. The molecule has 1 saturated carbocycles. The molecule has 1 aliphatic carbocycles. The molecule has 1 aliphatic heterocycles. The number of aromatic nitrogens is 3. The number of ketones is 1. The van der Waals surface area contributed by atoms with E-state index in [1.807, 2.05) is 16.1 Å². The Morgan fingerprint density at radius 3 is 2.80 bits per heavy atom. The number of nitrogens with zero attached hydrogens (tertiary/aromatic N) is 4. The molecule has 134 valence electrons. The van der Waals surface area contributed by atoms with Gasteiger partial charge in [0.15, 0.2) is 5.82 Å². The van der Waals surface area contributed by atoms with Gasteiger partial charge in [0, 0.05) is 31.2 Å². The first-order chi connectivity index (χ1) is 11.9. The summed E-state index contributed by atoms with van der Waals surface area (Å²) >= 11 is 0. The largest absolute Gasteiger partial charge is 0.450 e. The van der Waals surface area contributed by atoms with Crippen molar-refractivity contribution in [2.24, 2.45) is 5.92 Å². The van der Waals surface area contributed by atoms with E-state index >= 15 is 0 Å². The van der Waals surface area contributed by atoms with Crippen LogP contribution in [0.1, 0.15) is 25.7 Å². The summed E-state index contributed by atoms with van der Waals surface area (Å²) in [6.45, 7) is 0.693. The summed E-state index contributed by atoms with van der Waals surface area (Å²) in [5.41, 5.74) is 0.690. The van der Waals surface area contributed by atoms with Crippen molar-refractivity contribution in [3.8, 4) is 0 Å². The minimum absolute atomic E-state index is 0.0742. The number of H-pyrrole nitrogens is 1. The Morgan fingerprint density at radius 1 is 1.28 bits per heavy atom. The topological polar surface area (TPSA) is 65.1 Å². The third kappa shape index (κ3) is 3.08. The lowest BCUT2D eigenvalue weighted by atomic mass is 9.94. The highest BCUT2D eigenvalue weighted by molar-refractivity contribution is 5.88. The second-order valence-corrected chi connectivity index (χ2v) is 6.63. The molecular weight excluding hydrogens is 335 g/mol. The molecular formula is C16H18F3N5O. The Hall–Kier alpha value is -2.16. The molecule has 0 bridgehead atoms. The second kappa shape index (κ2) is 5.98. The molecule has 0 spiro atoms. The first kappa shape index (κ1) is 16.3. The molecule has 1 atom stereocenters. The molecule has 6 nitrogen and oxygen atoms in total. The number of aromatic amines is 1. The van der Waals surface area contributed by atoms with Crippen molar-refractivity contribution in [1.29, 1.82) is 0 Å². The summed E-state index contributed by atoms with van der Waals surface area (Å²) in [4.78, 5) is 23.3. The lowest BCUT2D eigenvalue weighted by Gasteiger charge is -2.41. The van der Waals surface area contributed by atoms with Crippen molar-refractivity contribution in [1.82, 2.24) is 20.0 Å². The van der Waals surface area contributed by atoms with E-state index in [2.05, 4.69) is 15.0 Å². The minimum atomic E-state index is -4.78. The van der Waals surface area contributed by atoms with E-state index in [-0.39, 0.29) is 19.0 Å². The van der Waals surface area contributed by atoms with Crippen molar-refractivity contribution in [2.45, 2.75) is 37.9 Å². The molecule has 2 aliphatic rings. The first-order valence-electron chi connectivity index (χ1n) is 8.38. The highest BCUT2D eigenvalue weighted by Gasteiger charge is 2.46. The Bertz CT molecular complexity index is 785. The van der Waals surface area contributed by atoms with E-state index in [0.29, 0.717) is 24.4 Å². The highest BCUT2D eigenvalue weighted by Crippen LogP contribution is 2.37. The summed E-state index contributed by atoms with van der Waals surface area (Å²) in [7, 11) is 0. The monoisotopic (exact) mass is 353 g/mol. The molecule has 2 fully saturated rings. The van der Waals surface area contributed by atoms with Gasteiger partial charge in [-0.2, -0.15) is 13.2 Å². The number of carbonyl (C=O) groups is 1. The van der Waals surface area contributed by atoms with Crippen LogP contribution in [0.5, 0.6) is 0 Å². The third-order valence-electron chi connectivity index (χ3n) is 4.80. The molecule has 1 N–H and O–H groups in total. The van der Waals surface area contributed by atoms with Crippen molar-refractivity contribution in [2.75, 3.05) is 18.1 Å². The number of nitrogens with one attached hydrogen (secondary N) is 1. The van der Waals surface area contributed by atoms with Crippen molar-refractivity contribution in [3.05, 3.63) is 18.6 Å². The van der Waals surface area contributed by atoms with Crippen molar-refractivity contribution < 1.29 is 18.0 Å². The molecule has 25 heavy (non-hydrogen) atoms. The van der Waals surface area contributed by atoms with Crippen LogP contribution in [0.2, 0.25) is 0 Å². The quantitative estimate of drug-likeness (QED) is 0.916. The predicted octanol–water partition coefficient (Wildman–Crippen LogP) is 2.69. The smallest absolute Gasteiger partial charge is 0.346 e. The molecule has 1 unspecified atom stereocenters. The Labute approximate surface area is 142 Å². The summed E-state index contributed by atoms with van der Waals surface area (Å²) in [5, 5.41) is 4.68. The molecule has 3 heterocycles. The fourth-order valence-electron chi connectivity index (χ4n) is 3.50. The molecule has 4 rings (SSSR count). The number of halogens is 3. The third-order valence-corrected chi connectivity index (χ3v) is 4.80. The first-order valence-corrected chi connectivity index (χ1v) is 8.38. The van der Waals surface area contributed by atoms with E-state index in [4.69, 9.17) is 0 Å². The highest BCUT2D eigenvalue weighted by atomic mass is 19.4. The molecule has 0 radical (unpaired) electrons. The fraction of sp³-hybridized carbons (Fsp3) is 0.562. The fourth-order valence-corrected chi connectivity index (χ4v) is 3.50. The van der Waals surface area contributed by atoms with Crippen molar-refractivity contribution >= 4 is 22.6 Å². The lowest BCUT2D eigenvalue weighted by molar-refractivity contribution is -0.177. The zero-order valence-corrected chi connectivity index (χ0v) is 13.5. The average molecular weight is 353 g/mol. The zero-order valence-electron chi connectivity index (χ0n) is 13.5. The van der Waals surface area contributed by atoms with Gasteiger partial charge in [-0.1, -0.05) is 0 Å². The summed E-state index contributed by atoms with van der Waals surface area (Å²) in [6.07, 6.45) is 1.19. The number of anilines is 1. The number of alkyl halides is 3. The number of hydrogen-bond acceptors (Lipinski definition) is 5. The maximum atomic E-state index is 12.8. The maximum Gasteiger partial charge on any atom is 0.450 e. The van der Waals surface area contributed by atoms with Crippen LogP contribution >= 0.6 is 0 Å². The molecule has 2 aromatic heterocycles. The molecule has 0 amide bonds. The summed E-state index contributed by atoms with van der Waals surface area (Å²) < 4.78 is 38.4. The Balaban J connectivity index is 1.63. The van der Waals surface area contributed by atoms with Gasteiger partial charge in [-0.25, -0.2) is 15.0 Å². The van der Waals surface area contributed by atoms with Crippen LogP contribution in [0, 0.1) is 5.92 Å². The maximum absolute atomic E-state index is 12.8. The van der Waals surface area contributed by atoms with Gasteiger partial charge in [0.2, 0.25) is 5.78 Å². The van der Waals surface area contributed by atoms with Gasteiger partial charge in [-0.05, 0) is 31.7 Å². The van der Waals surface area contributed by atoms with E-state index in [9.17, 15) is 18.0 Å². The van der Waals surface area contributed by atoms with Crippen LogP contribution in [0.4, 0.5) is 19.0 Å². The molecule has 0 aromatic carbocycles. The number of piperidine rings is 1. The summed E-state index contributed by atoms with van der Waals surface area (Å²) in [6, 6.07) is 2.08. The van der Waals surface area contributed by atoms with Gasteiger partial charge in [0.1, 0.15) is 12.0 Å². The zero-order chi connectivity index (χ0) is 17.6. The van der Waals surface area contributed by atoms with Crippen LogP contribution in [0.15, 0.2) is 18.6 Å². The van der Waals surface area contributed by atoms with E-state index < -0.39 is 17.9 Å². The standard InChI is InChI=1S/C16H18F3N5O/c17-16(18,19)13(25)10-2-1-7-23(8-10)24(11-3-4-11)15-12-5-6-20-14(12)21-9-22-15/h5-6,9-11H,1-4,7-8H2,(H,20,21,22). The van der Waals surface area contributed by atoms with Gasteiger partial charge in [-0.15, -0.1) is 0 Å². The summed E-state index contributed by atoms with van der Waals surface area (Å²) in [5.74, 6) is -1.95. The Morgan fingerprint density at radius 2 is 2.08 bits per heavy atom. The number of rotatable bonds is 4. The second-order valence-electron chi connectivity index (χ2n) is 6.63. The van der Waals surface area contributed by atoms with E-state index in [1.165, 1.54) is 6.33 Å². The van der Waals surface area contributed by atoms with Gasteiger partial charge in [-0.3, -0.25) is 9.80 Å². The van der Waals surface area contributed by atoms with E-state index in [1.54, 1.807) is 6.20 Å². The molecule has 9 heteroatoms. The molecule has 2 aromatic rings. The number of hydrazine groups is 1. The van der Waals surface area contributed by atoms with E-state index in [0.717, 1.165) is 18.2 Å². The number of fused-ring (bicyclic) bond motifs is 1. The lowest BCUT2D eigenvalue weighted by Crippen LogP contribution is -2.52. The van der Waals surface area contributed by atoms with Crippen molar-refractivity contribution in [3.63, 3.8) is 0 Å². The van der Waals surface area contributed by atoms with Gasteiger partial charge < -0.3 is 4.98 Å². The van der Waals surface area contributed by atoms with Crippen LogP contribution < -0.4 is 5.01 Å². The van der Waals surface area contributed by atoms with Crippen LogP contribution in [0.3, 0.4) is 0 Å². The van der Waals surface area contributed by atoms with Gasteiger partial charge in [0.05, 0.1) is 5.39 Å². The Kier molecular flexibility index (Phi) is 3.90. The van der Waals surface area contributed by atoms with Gasteiger partial charge >= 0.3 is 6.18 Å². The van der Waals surface area contributed by atoms with Crippen LogP contribution in [-0.2, 0) is 4.79 Å². The molecule has 1 saturated heterocycles. The number of hydrogen-bond donors (Lipinski definition) is 1. The van der Waals surface area contributed by atoms with Gasteiger partial charge in [0.25, 0.3) is 0 Å². The van der Waals surface area contributed by atoms with Crippen LogP contribution in [-0.4, -0.2) is 51.1 Å². The number of Topliss-reactive ketones (excluding diaryl/α,β-unsaturated/α-hetero) is 1. The van der Waals surface area contributed by atoms with Crippen LogP contribution in [0.25, 0.3) is 11.0 Å². The number of carbonyl (C=O) groups excluding carboxylic acids is 1. The predicted molar refractivity (Wildman–Crippen MR) is 84.7 cm³/mol.